The van der Waals surface area contributed by atoms with E-state index in [9.17, 15) is 9.18 Å². The first-order chi connectivity index (χ1) is 15.9. The quantitative estimate of drug-likeness (QED) is 0.414. The molecular weight excluding hydrogens is 447 g/mol. The molecule has 10 heteroatoms. The molecule has 0 aliphatic carbocycles. The number of thioether (sulfide) groups is 1. The van der Waals surface area contributed by atoms with Crippen molar-refractivity contribution in [3.05, 3.63) is 60.2 Å². The van der Waals surface area contributed by atoms with E-state index < -0.39 is 11.1 Å². The first-order valence-corrected chi connectivity index (χ1v) is 11.2. The molecule has 33 heavy (non-hydrogen) atoms. The maximum Gasteiger partial charge on any atom is 0.237 e. The standard InChI is InChI=1S/C23H27FN4O4S/c1-15(13-30-3)28-21(14-32-19-11-7-5-9-17(19)24)26-27-23(28)33-16(2)22(29)25-18-10-6-8-12-20(18)31-4/h5-12,15-16H,13-14H2,1-4H3,(H,25,29). The number of halogens is 1. The molecule has 0 aliphatic rings. The van der Waals surface area contributed by atoms with Crippen LogP contribution in [-0.2, 0) is 16.1 Å². The van der Waals surface area contributed by atoms with Gasteiger partial charge in [-0.05, 0) is 38.1 Å². The number of amides is 1. The maximum absolute atomic E-state index is 13.9. The highest BCUT2D eigenvalue weighted by molar-refractivity contribution is 8.00. The Balaban J connectivity index is 1.75. The van der Waals surface area contributed by atoms with Gasteiger partial charge in [0.05, 0.1) is 30.7 Å². The fourth-order valence-corrected chi connectivity index (χ4v) is 4.11. The van der Waals surface area contributed by atoms with E-state index in [1.54, 1.807) is 51.5 Å². The Morgan fingerprint density at radius 2 is 1.79 bits per heavy atom. The molecule has 0 aliphatic heterocycles. The number of nitrogens with zero attached hydrogens (tertiary/aromatic N) is 3. The van der Waals surface area contributed by atoms with Crippen molar-refractivity contribution in [2.75, 3.05) is 26.1 Å². The Morgan fingerprint density at radius 1 is 1.09 bits per heavy atom. The summed E-state index contributed by atoms with van der Waals surface area (Å²) in [6, 6.07) is 13.2. The summed E-state index contributed by atoms with van der Waals surface area (Å²) in [6.45, 7) is 4.15. The summed E-state index contributed by atoms with van der Waals surface area (Å²) >= 11 is 1.26. The Kier molecular flexibility index (Phi) is 8.67. The van der Waals surface area contributed by atoms with E-state index in [1.807, 2.05) is 23.6 Å². The Bertz CT molecular complexity index is 1080. The minimum atomic E-state index is -0.479. The van der Waals surface area contributed by atoms with Crippen molar-refractivity contribution >= 4 is 23.4 Å². The van der Waals surface area contributed by atoms with Gasteiger partial charge in [-0.25, -0.2) is 4.39 Å². The minimum absolute atomic E-state index is 0.0182. The van der Waals surface area contributed by atoms with Gasteiger partial charge in [0.15, 0.2) is 22.5 Å². The van der Waals surface area contributed by atoms with E-state index in [1.165, 1.54) is 17.8 Å². The third kappa shape index (κ3) is 6.23. The van der Waals surface area contributed by atoms with Crippen LogP contribution in [0.4, 0.5) is 10.1 Å². The molecule has 0 saturated carbocycles. The van der Waals surface area contributed by atoms with Crippen molar-refractivity contribution in [1.29, 1.82) is 0 Å². The SMILES string of the molecule is COCC(C)n1c(COc2ccccc2F)nnc1SC(C)C(=O)Nc1ccccc1OC. The number of hydrogen-bond acceptors (Lipinski definition) is 7. The molecule has 1 heterocycles. The number of methoxy groups -OCH3 is 2. The van der Waals surface area contributed by atoms with E-state index in [-0.39, 0.29) is 24.3 Å². The number of hydrogen-bond donors (Lipinski definition) is 1. The molecule has 3 aromatic rings. The average molecular weight is 475 g/mol. The van der Waals surface area contributed by atoms with Gasteiger partial charge in [0.1, 0.15) is 12.4 Å². The number of aromatic nitrogens is 3. The van der Waals surface area contributed by atoms with Crippen molar-refractivity contribution < 1.29 is 23.4 Å². The molecule has 176 valence electrons. The zero-order valence-corrected chi connectivity index (χ0v) is 19.8. The molecule has 8 nitrogen and oxygen atoms in total. The highest BCUT2D eigenvalue weighted by Gasteiger charge is 2.24. The normalized spacial score (nSPS) is 12.8. The van der Waals surface area contributed by atoms with E-state index in [0.29, 0.717) is 29.0 Å². The van der Waals surface area contributed by atoms with Crippen LogP contribution in [0.15, 0.2) is 53.7 Å². The molecule has 0 saturated heterocycles. The Labute approximate surface area is 196 Å². The number of rotatable bonds is 11. The van der Waals surface area contributed by atoms with Crippen LogP contribution < -0.4 is 14.8 Å². The van der Waals surface area contributed by atoms with Gasteiger partial charge in [0, 0.05) is 7.11 Å². The van der Waals surface area contributed by atoms with Gasteiger partial charge in [0.25, 0.3) is 0 Å². The summed E-state index contributed by atoms with van der Waals surface area (Å²) in [4.78, 5) is 12.8. The summed E-state index contributed by atoms with van der Waals surface area (Å²) in [7, 11) is 3.15. The van der Waals surface area contributed by atoms with Crippen LogP contribution in [0.5, 0.6) is 11.5 Å². The highest BCUT2D eigenvalue weighted by atomic mass is 32.2. The molecule has 2 atom stereocenters. The van der Waals surface area contributed by atoms with Crippen LogP contribution in [0, 0.1) is 5.82 Å². The fraction of sp³-hybridized carbons (Fsp3) is 0.348. The van der Waals surface area contributed by atoms with Crippen LogP contribution >= 0.6 is 11.8 Å². The van der Waals surface area contributed by atoms with Crippen LogP contribution in [0.25, 0.3) is 0 Å². The van der Waals surface area contributed by atoms with Gasteiger partial charge in [0.2, 0.25) is 5.91 Å². The molecule has 2 aromatic carbocycles. The molecule has 1 N–H and O–H groups in total. The summed E-state index contributed by atoms with van der Waals surface area (Å²) in [5.41, 5.74) is 0.589. The summed E-state index contributed by atoms with van der Waals surface area (Å²) in [5.74, 6) is 0.549. The molecule has 2 unspecified atom stereocenters. The van der Waals surface area contributed by atoms with Gasteiger partial charge in [-0.1, -0.05) is 36.0 Å². The summed E-state index contributed by atoms with van der Waals surface area (Å²) < 4.78 is 32.0. The van der Waals surface area contributed by atoms with Gasteiger partial charge in [-0.3, -0.25) is 9.36 Å². The van der Waals surface area contributed by atoms with E-state index in [0.717, 1.165) is 0 Å². The zero-order chi connectivity index (χ0) is 23.8. The molecule has 3 rings (SSSR count). The van der Waals surface area contributed by atoms with Crippen LogP contribution in [0.2, 0.25) is 0 Å². The van der Waals surface area contributed by atoms with Gasteiger partial charge < -0.3 is 19.5 Å². The lowest BCUT2D eigenvalue weighted by Gasteiger charge is -2.19. The smallest absolute Gasteiger partial charge is 0.237 e. The first kappa shape index (κ1) is 24.5. The summed E-state index contributed by atoms with van der Waals surface area (Å²) in [6.07, 6.45) is 0. The maximum atomic E-state index is 13.9. The summed E-state index contributed by atoms with van der Waals surface area (Å²) in [5, 5.41) is 11.4. The lowest BCUT2D eigenvalue weighted by molar-refractivity contribution is -0.115. The van der Waals surface area contributed by atoms with E-state index in [4.69, 9.17) is 14.2 Å². The lowest BCUT2D eigenvalue weighted by atomic mass is 10.3. The van der Waals surface area contributed by atoms with E-state index in [2.05, 4.69) is 15.5 Å². The second kappa shape index (κ2) is 11.7. The molecule has 1 amide bonds. The highest BCUT2D eigenvalue weighted by Crippen LogP contribution is 2.29. The molecule has 0 spiro atoms. The predicted molar refractivity (Wildman–Crippen MR) is 124 cm³/mol. The third-order valence-electron chi connectivity index (χ3n) is 4.79. The zero-order valence-electron chi connectivity index (χ0n) is 18.9. The van der Waals surface area contributed by atoms with Gasteiger partial charge >= 0.3 is 0 Å². The van der Waals surface area contributed by atoms with Gasteiger partial charge in [-0.2, -0.15) is 0 Å². The topological polar surface area (TPSA) is 87.5 Å². The number of nitrogens with one attached hydrogen (secondary N) is 1. The molecule has 0 bridgehead atoms. The van der Waals surface area contributed by atoms with Crippen molar-refractivity contribution in [1.82, 2.24) is 14.8 Å². The molecule has 0 radical (unpaired) electrons. The van der Waals surface area contributed by atoms with Crippen LogP contribution in [-0.4, -0.2) is 46.7 Å². The fourth-order valence-electron chi connectivity index (χ4n) is 3.14. The van der Waals surface area contributed by atoms with Crippen molar-refractivity contribution in [2.45, 2.75) is 36.9 Å². The van der Waals surface area contributed by atoms with E-state index >= 15 is 0 Å². The molecule has 1 aromatic heterocycles. The van der Waals surface area contributed by atoms with Crippen molar-refractivity contribution in [2.24, 2.45) is 0 Å². The monoisotopic (exact) mass is 474 g/mol. The van der Waals surface area contributed by atoms with Crippen LogP contribution in [0.1, 0.15) is 25.7 Å². The van der Waals surface area contributed by atoms with Crippen molar-refractivity contribution in [3.63, 3.8) is 0 Å². The average Bonchev–Trinajstić information content (AvgIpc) is 3.21. The second-order valence-electron chi connectivity index (χ2n) is 7.24. The van der Waals surface area contributed by atoms with Crippen LogP contribution in [0.3, 0.4) is 0 Å². The minimum Gasteiger partial charge on any atom is -0.495 e. The number of carbonyl (C=O) groups excluding carboxylic acids is 1. The first-order valence-electron chi connectivity index (χ1n) is 10.3. The van der Waals surface area contributed by atoms with Crippen molar-refractivity contribution in [3.8, 4) is 11.5 Å². The number of benzene rings is 2. The molecular formula is C23H27FN4O4S. The lowest BCUT2D eigenvalue weighted by Crippen LogP contribution is -2.24. The predicted octanol–water partition coefficient (Wildman–Crippen LogP) is 4.33. The number of ether oxygens (including phenoxy) is 3. The number of para-hydroxylation sites is 3. The Hall–Kier alpha value is -3.11. The van der Waals surface area contributed by atoms with Gasteiger partial charge in [-0.15, -0.1) is 10.2 Å². The number of anilines is 1. The Morgan fingerprint density at radius 3 is 2.48 bits per heavy atom. The number of carbonyl (C=O) groups is 1. The second-order valence-corrected chi connectivity index (χ2v) is 8.55. The molecule has 0 fully saturated rings. The largest absolute Gasteiger partial charge is 0.495 e. The third-order valence-corrected chi connectivity index (χ3v) is 5.85.